The van der Waals surface area contributed by atoms with Crippen LogP contribution in [0.3, 0.4) is 0 Å². The molecule has 2 aromatic carbocycles. The lowest BCUT2D eigenvalue weighted by molar-refractivity contribution is 0.880. The van der Waals surface area contributed by atoms with Crippen molar-refractivity contribution in [2.24, 2.45) is 0 Å². The summed E-state index contributed by atoms with van der Waals surface area (Å²) >= 11 is 6.66. The topological polar surface area (TPSA) is 17.8 Å². The molecule has 21 heavy (non-hydrogen) atoms. The first-order chi connectivity index (χ1) is 10.3. The first kappa shape index (κ1) is 13.9. The highest BCUT2D eigenvalue weighted by Gasteiger charge is 2.15. The Bertz CT molecular complexity index is 719. The van der Waals surface area contributed by atoms with E-state index in [1.54, 1.807) is 0 Å². The molecule has 0 saturated heterocycles. The van der Waals surface area contributed by atoms with Gasteiger partial charge in [-0.15, -0.1) is 11.6 Å². The highest BCUT2D eigenvalue weighted by molar-refractivity contribution is 6.22. The maximum atomic E-state index is 6.66. The molecule has 0 N–H and O–H groups in total. The van der Waals surface area contributed by atoms with Crippen LogP contribution in [0.25, 0.3) is 5.69 Å². The molecular formula is C18H17ClN2. The number of hydrogen-bond acceptors (Lipinski definition) is 1. The molecule has 0 spiro atoms. The molecule has 1 heterocycles. The highest BCUT2D eigenvalue weighted by Crippen LogP contribution is 2.31. The number of hydrogen-bond donors (Lipinski definition) is 0. The predicted octanol–water partition coefficient (Wildman–Crippen LogP) is 4.76. The summed E-state index contributed by atoms with van der Waals surface area (Å²) in [6.45, 7) is 2.15. The largest absolute Gasteiger partial charge is 0.241 e. The SMILES string of the molecule is CCc1ccccc1C(Cl)c1cnn(-c2ccccc2)c1. The number of rotatable bonds is 4. The molecule has 0 saturated carbocycles. The zero-order chi connectivity index (χ0) is 14.7. The molecule has 3 aromatic rings. The second-order valence-electron chi connectivity index (χ2n) is 4.97. The molecule has 1 atom stereocenters. The summed E-state index contributed by atoms with van der Waals surface area (Å²) in [6, 6.07) is 18.4. The van der Waals surface area contributed by atoms with Crippen LogP contribution in [0, 0.1) is 0 Å². The Kier molecular flexibility index (Phi) is 4.07. The third-order valence-electron chi connectivity index (χ3n) is 3.62. The van der Waals surface area contributed by atoms with Gasteiger partial charge in [0.15, 0.2) is 0 Å². The fraction of sp³-hybridized carbons (Fsp3) is 0.167. The monoisotopic (exact) mass is 296 g/mol. The standard InChI is InChI=1S/C18H17ClN2/c1-2-14-8-6-7-11-17(14)18(19)15-12-20-21(13-15)16-9-4-3-5-10-16/h3-13,18H,2H2,1H3. The smallest absolute Gasteiger partial charge is 0.0868 e. The molecule has 1 aromatic heterocycles. The van der Waals surface area contributed by atoms with Gasteiger partial charge in [-0.2, -0.15) is 5.10 Å². The molecule has 106 valence electrons. The van der Waals surface area contributed by atoms with Crippen molar-refractivity contribution in [2.75, 3.05) is 0 Å². The number of halogens is 1. The Hall–Kier alpha value is -2.06. The number of benzene rings is 2. The van der Waals surface area contributed by atoms with E-state index < -0.39 is 0 Å². The van der Waals surface area contributed by atoms with Gasteiger partial charge in [0.25, 0.3) is 0 Å². The van der Waals surface area contributed by atoms with Crippen molar-refractivity contribution in [3.8, 4) is 5.69 Å². The first-order valence-electron chi connectivity index (χ1n) is 7.11. The molecular weight excluding hydrogens is 280 g/mol. The van der Waals surface area contributed by atoms with Crippen LogP contribution in [0.5, 0.6) is 0 Å². The van der Waals surface area contributed by atoms with Gasteiger partial charge in [0.1, 0.15) is 0 Å². The van der Waals surface area contributed by atoms with Crippen LogP contribution in [0.4, 0.5) is 0 Å². The van der Waals surface area contributed by atoms with E-state index in [4.69, 9.17) is 11.6 Å². The molecule has 0 aliphatic carbocycles. The molecule has 2 nitrogen and oxygen atoms in total. The molecule has 0 amide bonds. The number of aromatic nitrogens is 2. The van der Waals surface area contributed by atoms with E-state index in [0.29, 0.717) is 0 Å². The molecule has 0 aliphatic heterocycles. The van der Waals surface area contributed by atoms with Crippen LogP contribution < -0.4 is 0 Å². The van der Waals surface area contributed by atoms with E-state index in [1.807, 2.05) is 53.5 Å². The summed E-state index contributed by atoms with van der Waals surface area (Å²) in [7, 11) is 0. The zero-order valence-corrected chi connectivity index (χ0v) is 12.7. The van der Waals surface area contributed by atoms with Crippen LogP contribution in [0.15, 0.2) is 67.0 Å². The summed E-state index contributed by atoms with van der Waals surface area (Å²) in [5.41, 5.74) is 4.50. The summed E-state index contributed by atoms with van der Waals surface area (Å²) in [5, 5.41) is 4.25. The zero-order valence-electron chi connectivity index (χ0n) is 11.9. The molecule has 0 radical (unpaired) electrons. The molecule has 0 fully saturated rings. The van der Waals surface area contributed by atoms with E-state index in [-0.39, 0.29) is 5.38 Å². The van der Waals surface area contributed by atoms with Crippen molar-refractivity contribution in [1.29, 1.82) is 0 Å². The Morgan fingerprint density at radius 3 is 2.52 bits per heavy atom. The van der Waals surface area contributed by atoms with Crippen molar-refractivity contribution in [3.63, 3.8) is 0 Å². The summed E-state index contributed by atoms with van der Waals surface area (Å²) < 4.78 is 1.86. The van der Waals surface area contributed by atoms with E-state index in [2.05, 4.69) is 30.2 Å². The average Bonchev–Trinajstić information content (AvgIpc) is 3.05. The number of aryl methyl sites for hydroxylation is 1. The van der Waals surface area contributed by atoms with Gasteiger partial charge in [0, 0.05) is 11.8 Å². The normalized spacial score (nSPS) is 12.3. The summed E-state index contributed by atoms with van der Waals surface area (Å²) in [6.07, 6.45) is 4.82. The molecule has 3 heteroatoms. The van der Waals surface area contributed by atoms with Gasteiger partial charge in [-0.05, 0) is 29.7 Å². The summed E-state index contributed by atoms with van der Waals surface area (Å²) in [4.78, 5) is 0. The van der Waals surface area contributed by atoms with Gasteiger partial charge in [-0.1, -0.05) is 49.4 Å². The molecule has 0 aliphatic rings. The first-order valence-corrected chi connectivity index (χ1v) is 7.55. The van der Waals surface area contributed by atoms with Crippen molar-refractivity contribution < 1.29 is 0 Å². The highest BCUT2D eigenvalue weighted by atomic mass is 35.5. The van der Waals surface area contributed by atoms with Crippen LogP contribution in [-0.4, -0.2) is 9.78 Å². The van der Waals surface area contributed by atoms with Crippen molar-refractivity contribution in [1.82, 2.24) is 9.78 Å². The van der Waals surface area contributed by atoms with Crippen molar-refractivity contribution in [2.45, 2.75) is 18.7 Å². The van der Waals surface area contributed by atoms with Gasteiger partial charge in [-0.25, -0.2) is 4.68 Å². The minimum atomic E-state index is -0.168. The third kappa shape index (κ3) is 2.86. The second-order valence-corrected chi connectivity index (χ2v) is 5.41. The van der Waals surface area contributed by atoms with Crippen molar-refractivity contribution in [3.05, 3.63) is 83.7 Å². The van der Waals surface area contributed by atoms with Gasteiger partial charge in [0.2, 0.25) is 0 Å². The van der Waals surface area contributed by atoms with Gasteiger partial charge >= 0.3 is 0 Å². The van der Waals surface area contributed by atoms with E-state index in [0.717, 1.165) is 23.2 Å². The van der Waals surface area contributed by atoms with Gasteiger partial charge in [0.05, 0.1) is 17.3 Å². The minimum Gasteiger partial charge on any atom is -0.241 e. The van der Waals surface area contributed by atoms with Crippen LogP contribution in [0.2, 0.25) is 0 Å². The molecule has 0 bridgehead atoms. The van der Waals surface area contributed by atoms with Crippen LogP contribution >= 0.6 is 11.6 Å². The Labute approximate surface area is 130 Å². The van der Waals surface area contributed by atoms with Crippen molar-refractivity contribution >= 4 is 11.6 Å². The predicted molar refractivity (Wildman–Crippen MR) is 87.1 cm³/mol. The molecule has 1 unspecified atom stereocenters. The third-order valence-corrected chi connectivity index (χ3v) is 4.11. The summed E-state index contributed by atoms with van der Waals surface area (Å²) in [5.74, 6) is 0. The number of para-hydroxylation sites is 1. The van der Waals surface area contributed by atoms with E-state index in [1.165, 1.54) is 5.56 Å². The Morgan fingerprint density at radius 1 is 1.05 bits per heavy atom. The maximum absolute atomic E-state index is 6.66. The number of alkyl halides is 1. The number of nitrogens with zero attached hydrogens (tertiary/aromatic N) is 2. The fourth-order valence-electron chi connectivity index (χ4n) is 2.47. The lowest BCUT2D eigenvalue weighted by Gasteiger charge is -2.12. The Morgan fingerprint density at radius 2 is 1.76 bits per heavy atom. The van der Waals surface area contributed by atoms with Crippen LogP contribution in [-0.2, 0) is 6.42 Å². The van der Waals surface area contributed by atoms with E-state index in [9.17, 15) is 0 Å². The second kappa shape index (κ2) is 6.15. The fourth-order valence-corrected chi connectivity index (χ4v) is 2.80. The maximum Gasteiger partial charge on any atom is 0.0868 e. The Balaban J connectivity index is 1.93. The van der Waals surface area contributed by atoms with Gasteiger partial charge < -0.3 is 0 Å². The minimum absolute atomic E-state index is 0.168. The van der Waals surface area contributed by atoms with Gasteiger partial charge in [-0.3, -0.25) is 0 Å². The lowest BCUT2D eigenvalue weighted by atomic mass is 9.99. The lowest BCUT2D eigenvalue weighted by Crippen LogP contribution is -1.97. The van der Waals surface area contributed by atoms with E-state index >= 15 is 0 Å². The quantitative estimate of drug-likeness (QED) is 0.635. The average molecular weight is 297 g/mol. The van der Waals surface area contributed by atoms with Crippen LogP contribution in [0.1, 0.15) is 29.0 Å². The molecule has 3 rings (SSSR count).